The van der Waals surface area contributed by atoms with Crippen LogP contribution in [0.4, 0.5) is 0 Å². The van der Waals surface area contributed by atoms with Gasteiger partial charge in [0.15, 0.2) is 0 Å². The molecule has 4 aromatic rings. The maximum atomic E-state index is 7.33. The van der Waals surface area contributed by atoms with Crippen molar-refractivity contribution < 1.29 is 26.8 Å². The molecule has 2 nitrogen and oxygen atoms in total. The van der Waals surface area contributed by atoms with Gasteiger partial charge in [-0.25, -0.2) is 0 Å². The van der Waals surface area contributed by atoms with Crippen molar-refractivity contribution in [3.8, 4) is 33.8 Å². The van der Waals surface area contributed by atoms with Crippen LogP contribution in [0.25, 0.3) is 22.3 Å². The van der Waals surface area contributed by atoms with Gasteiger partial charge in [0, 0.05) is 0 Å². The third kappa shape index (κ3) is 4.84. The molecule has 2 aliphatic rings. The Labute approximate surface area is 224 Å². The van der Waals surface area contributed by atoms with Crippen LogP contribution in [0.1, 0.15) is 0 Å². The quantitative estimate of drug-likeness (QED) is 0.214. The van der Waals surface area contributed by atoms with Gasteiger partial charge >= 0.3 is 226 Å². The van der Waals surface area contributed by atoms with Gasteiger partial charge < -0.3 is 0 Å². The van der Waals surface area contributed by atoms with Gasteiger partial charge in [-0.1, -0.05) is 0 Å². The molecule has 0 aliphatic heterocycles. The predicted octanol–water partition coefficient (Wildman–Crippen LogP) is 9.29. The van der Waals surface area contributed by atoms with Gasteiger partial charge in [0.05, 0.1) is 0 Å². The Morgan fingerprint density at radius 2 is 0.757 bits per heavy atom. The zero-order chi connectivity index (χ0) is 24.9. The summed E-state index contributed by atoms with van der Waals surface area (Å²) in [5.74, 6) is 1.76. The normalized spacial score (nSPS) is 14.9. The summed E-state index contributed by atoms with van der Waals surface area (Å²) in [6.07, 6.45) is 17.5. The van der Waals surface area contributed by atoms with E-state index in [2.05, 4.69) is 146 Å². The SMILES string of the molecule is C1=C[CH]([Zr]([O]c2ccccc2-c2ccccc2)([O]c2ccccc2-c2ccccc2)[CH]2C=CC=C2)C=C1. The summed E-state index contributed by atoms with van der Waals surface area (Å²) < 4.78 is 14.9. The number of hydrogen-bond donors (Lipinski definition) is 0. The molecule has 3 heteroatoms. The molecule has 0 fully saturated rings. The van der Waals surface area contributed by atoms with E-state index in [1.807, 2.05) is 12.1 Å². The fraction of sp³-hybridized carbons (Fsp3) is 0.0588. The zero-order valence-electron chi connectivity index (χ0n) is 20.5. The number of allylic oxidation sites excluding steroid dienone is 8. The second-order valence-electron chi connectivity index (χ2n) is 9.24. The van der Waals surface area contributed by atoms with Crippen molar-refractivity contribution >= 4 is 0 Å². The van der Waals surface area contributed by atoms with E-state index in [-0.39, 0.29) is 7.25 Å². The third-order valence-electron chi connectivity index (χ3n) is 6.91. The minimum atomic E-state index is -4.14. The molecular formula is C34H28O2Zr. The van der Waals surface area contributed by atoms with E-state index in [0.717, 1.165) is 33.8 Å². The first-order valence-corrected chi connectivity index (χ1v) is 17.5. The Kier molecular flexibility index (Phi) is 6.89. The van der Waals surface area contributed by atoms with Crippen molar-refractivity contribution in [2.24, 2.45) is 0 Å². The number of para-hydroxylation sites is 2. The molecular weight excluding hydrogens is 532 g/mol. The molecule has 0 unspecified atom stereocenters. The summed E-state index contributed by atoms with van der Waals surface area (Å²) in [6.45, 7) is 0. The second-order valence-corrected chi connectivity index (χ2v) is 17.1. The molecule has 0 amide bonds. The van der Waals surface area contributed by atoms with E-state index in [9.17, 15) is 0 Å². The van der Waals surface area contributed by atoms with E-state index in [1.165, 1.54) is 0 Å². The van der Waals surface area contributed by atoms with Crippen molar-refractivity contribution in [3.05, 3.63) is 158 Å². The van der Waals surface area contributed by atoms with Crippen molar-refractivity contribution in [1.82, 2.24) is 0 Å². The monoisotopic (exact) mass is 558 g/mol. The van der Waals surface area contributed by atoms with Gasteiger partial charge in [-0.15, -0.1) is 0 Å². The second kappa shape index (κ2) is 10.7. The molecule has 180 valence electrons. The predicted molar refractivity (Wildman–Crippen MR) is 149 cm³/mol. The van der Waals surface area contributed by atoms with E-state index in [1.54, 1.807) is 0 Å². The number of benzene rings is 4. The van der Waals surface area contributed by atoms with E-state index >= 15 is 0 Å². The standard InChI is InChI=1S/2C12H10O.2C5H5.Zr/c2*13-12-9-5-4-8-11(12)10-6-2-1-3-7-10;2*1-2-4-5-3-1;/h2*1-9,13H;2*1-5H;/q;;;;+2/p-2. The van der Waals surface area contributed by atoms with Crippen molar-refractivity contribution in [2.45, 2.75) is 7.25 Å². The Bertz CT molecular complexity index is 1350. The molecule has 0 aromatic heterocycles. The zero-order valence-corrected chi connectivity index (χ0v) is 22.9. The fourth-order valence-corrected chi connectivity index (χ4v) is 13.9. The van der Waals surface area contributed by atoms with Crippen molar-refractivity contribution in [1.29, 1.82) is 0 Å². The van der Waals surface area contributed by atoms with Crippen LogP contribution in [-0.2, 0) is 21.1 Å². The van der Waals surface area contributed by atoms with Gasteiger partial charge in [0.1, 0.15) is 0 Å². The molecule has 0 bridgehead atoms. The first kappa shape index (κ1) is 23.7. The van der Waals surface area contributed by atoms with Crippen LogP contribution >= 0.6 is 0 Å². The van der Waals surface area contributed by atoms with Crippen LogP contribution in [0.3, 0.4) is 0 Å². The molecule has 0 atom stereocenters. The van der Waals surface area contributed by atoms with Crippen LogP contribution in [-0.4, -0.2) is 0 Å². The Hall–Kier alpha value is -3.68. The topological polar surface area (TPSA) is 18.5 Å². The summed E-state index contributed by atoms with van der Waals surface area (Å²) >= 11 is -4.14. The average molecular weight is 560 g/mol. The molecule has 2 aliphatic carbocycles. The summed E-state index contributed by atoms with van der Waals surface area (Å²) in [7, 11) is 0. The van der Waals surface area contributed by atoms with Gasteiger partial charge in [0.25, 0.3) is 0 Å². The molecule has 0 spiro atoms. The van der Waals surface area contributed by atoms with E-state index in [0.29, 0.717) is 0 Å². The molecule has 37 heavy (non-hydrogen) atoms. The summed E-state index contributed by atoms with van der Waals surface area (Å²) in [5, 5.41) is 0. The summed E-state index contributed by atoms with van der Waals surface area (Å²) in [6, 6.07) is 37.6. The fourth-order valence-electron chi connectivity index (χ4n) is 5.08. The number of hydrogen-bond acceptors (Lipinski definition) is 2. The van der Waals surface area contributed by atoms with Crippen LogP contribution in [0.5, 0.6) is 11.5 Å². The molecule has 0 saturated carbocycles. The molecule has 0 radical (unpaired) electrons. The van der Waals surface area contributed by atoms with Gasteiger partial charge in [0.2, 0.25) is 0 Å². The first-order valence-electron chi connectivity index (χ1n) is 12.7. The molecule has 0 N–H and O–H groups in total. The van der Waals surface area contributed by atoms with Crippen LogP contribution < -0.4 is 5.63 Å². The first-order chi connectivity index (χ1) is 18.3. The minimum absolute atomic E-state index is 0.111. The van der Waals surface area contributed by atoms with Crippen LogP contribution in [0.2, 0.25) is 7.25 Å². The molecule has 6 rings (SSSR count). The Balaban J connectivity index is 1.50. The van der Waals surface area contributed by atoms with Crippen LogP contribution in [0, 0.1) is 0 Å². The van der Waals surface area contributed by atoms with E-state index < -0.39 is 21.1 Å². The average Bonchev–Trinajstić information content (AvgIpc) is 3.70. The van der Waals surface area contributed by atoms with Gasteiger partial charge in [-0.3, -0.25) is 0 Å². The van der Waals surface area contributed by atoms with Crippen LogP contribution in [0.15, 0.2) is 158 Å². The third-order valence-corrected chi connectivity index (χ3v) is 16.0. The summed E-state index contributed by atoms with van der Waals surface area (Å²) in [5.41, 5.74) is 4.44. The summed E-state index contributed by atoms with van der Waals surface area (Å²) in [4.78, 5) is 0. The Morgan fingerprint density at radius 3 is 1.16 bits per heavy atom. The molecule has 4 aromatic carbocycles. The number of rotatable bonds is 8. The molecule has 0 heterocycles. The van der Waals surface area contributed by atoms with E-state index in [4.69, 9.17) is 5.63 Å². The van der Waals surface area contributed by atoms with Crippen molar-refractivity contribution in [3.63, 3.8) is 0 Å². The van der Waals surface area contributed by atoms with Gasteiger partial charge in [-0.05, 0) is 0 Å². The molecule has 0 saturated heterocycles. The van der Waals surface area contributed by atoms with Gasteiger partial charge in [-0.2, -0.15) is 0 Å². The maximum absolute atomic E-state index is 7.33. The Morgan fingerprint density at radius 1 is 0.405 bits per heavy atom. The van der Waals surface area contributed by atoms with Crippen molar-refractivity contribution in [2.75, 3.05) is 0 Å².